The van der Waals surface area contributed by atoms with Crippen LogP contribution >= 0.6 is 55.0 Å². The summed E-state index contributed by atoms with van der Waals surface area (Å²) in [4.78, 5) is 11.7. The fraction of sp³-hybridized carbons (Fsp3) is 0.364. The number of thioether (sulfide) groups is 1. The fourth-order valence-electron chi connectivity index (χ4n) is 1.79. The largest absolute Gasteiger partial charge is 0.481 e. The number of nitrogens with zero attached hydrogens (tertiary/aromatic N) is 3. The minimum atomic E-state index is -0.844. The molecule has 1 fully saturated rings. The molecule has 3 rings (SSSR count). The number of thiophene rings is 1. The molecule has 1 saturated carbocycles. The highest BCUT2D eigenvalue weighted by molar-refractivity contribution is 9.13. The Balaban J connectivity index is 1.96. The van der Waals surface area contributed by atoms with E-state index in [0.717, 1.165) is 31.8 Å². The van der Waals surface area contributed by atoms with Crippen molar-refractivity contribution in [2.45, 2.75) is 24.0 Å². The van der Waals surface area contributed by atoms with Crippen molar-refractivity contribution in [1.29, 1.82) is 0 Å². The Morgan fingerprint density at radius 1 is 1.50 bits per heavy atom. The number of carboxylic acids is 1. The minimum Gasteiger partial charge on any atom is -0.481 e. The minimum absolute atomic E-state index is 0.00266. The van der Waals surface area contributed by atoms with Gasteiger partial charge in [-0.15, -0.1) is 21.5 Å². The maximum atomic E-state index is 10.7. The van der Waals surface area contributed by atoms with E-state index in [0.29, 0.717) is 11.2 Å². The van der Waals surface area contributed by atoms with E-state index in [4.69, 9.17) is 5.11 Å². The maximum absolute atomic E-state index is 10.7. The van der Waals surface area contributed by atoms with Gasteiger partial charge in [0.1, 0.15) is 0 Å². The molecule has 2 aromatic rings. The second kappa shape index (κ2) is 5.78. The van der Waals surface area contributed by atoms with Gasteiger partial charge >= 0.3 is 5.97 Å². The average molecular weight is 439 g/mol. The summed E-state index contributed by atoms with van der Waals surface area (Å²) in [6.07, 6.45) is 2.19. The number of halogens is 2. The first-order valence-corrected chi connectivity index (χ1v) is 9.19. The van der Waals surface area contributed by atoms with Crippen LogP contribution in [0.3, 0.4) is 0 Å². The van der Waals surface area contributed by atoms with Crippen LogP contribution in [-0.4, -0.2) is 31.6 Å². The molecule has 106 valence electrons. The van der Waals surface area contributed by atoms with Crippen molar-refractivity contribution in [3.8, 4) is 10.7 Å². The summed E-state index contributed by atoms with van der Waals surface area (Å²) >= 11 is 9.76. The SMILES string of the molecule is O=C(O)CSc1nnc(-c2cc(Br)c(Br)s2)n1C1CC1. The molecular formula is C11H9Br2N3O2S2. The normalized spacial score (nSPS) is 14.7. The Morgan fingerprint density at radius 3 is 2.80 bits per heavy atom. The molecule has 1 aliphatic carbocycles. The molecule has 0 amide bonds. The van der Waals surface area contributed by atoms with E-state index in [1.807, 2.05) is 6.07 Å². The molecule has 0 unspecified atom stereocenters. The second-order valence-corrected chi connectivity index (χ2v) is 8.49. The Kier molecular flexibility index (Phi) is 4.21. The molecule has 0 aliphatic heterocycles. The van der Waals surface area contributed by atoms with Crippen LogP contribution in [0.1, 0.15) is 18.9 Å². The van der Waals surface area contributed by atoms with E-state index in [1.54, 1.807) is 11.3 Å². The number of aromatic nitrogens is 3. The van der Waals surface area contributed by atoms with E-state index in [1.165, 1.54) is 11.8 Å². The zero-order valence-corrected chi connectivity index (χ0v) is 14.9. The number of rotatable bonds is 5. The van der Waals surface area contributed by atoms with Crippen molar-refractivity contribution < 1.29 is 9.90 Å². The van der Waals surface area contributed by atoms with Crippen LogP contribution in [0.25, 0.3) is 10.7 Å². The number of aliphatic carboxylic acids is 1. The first-order chi connectivity index (χ1) is 9.56. The van der Waals surface area contributed by atoms with Crippen molar-refractivity contribution in [1.82, 2.24) is 14.8 Å². The highest BCUT2D eigenvalue weighted by Crippen LogP contribution is 2.44. The van der Waals surface area contributed by atoms with Crippen LogP contribution in [0.2, 0.25) is 0 Å². The van der Waals surface area contributed by atoms with E-state index in [9.17, 15) is 4.79 Å². The predicted molar refractivity (Wildman–Crippen MR) is 85.4 cm³/mol. The molecule has 0 aromatic carbocycles. The number of carbonyl (C=O) groups is 1. The summed E-state index contributed by atoms with van der Waals surface area (Å²) in [6.45, 7) is 0. The Morgan fingerprint density at radius 2 is 2.25 bits per heavy atom. The lowest BCUT2D eigenvalue weighted by atomic mass is 10.4. The smallest absolute Gasteiger partial charge is 0.313 e. The molecule has 1 N–H and O–H groups in total. The first kappa shape index (κ1) is 14.6. The number of hydrogen-bond donors (Lipinski definition) is 1. The summed E-state index contributed by atoms with van der Waals surface area (Å²) in [7, 11) is 0. The van der Waals surface area contributed by atoms with Crippen molar-refractivity contribution in [2.24, 2.45) is 0 Å². The lowest BCUT2D eigenvalue weighted by molar-refractivity contribution is -0.133. The van der Waals surface area contributed by atoms with Crippen molar-refractivity contribution in [2.75, 3.05) is 5.75 Å². The molecule has 9 heteroatoms. The lowest BCUT2D eigenvalue weighted by Crippen LogP contribution is -2.02. The molecule has 1 aliphatic rings. The molecule has 2 aromatic heterocycles. The van der Waals surface area contributed by atoms with E-state index in [2.05, 4.69) is 46.6 Å². The summed E-state index contributed by atoms with van der Waals surface area (Å²) in [5, 5.41) is 17.9. The van der Waals surface area contributed by atoms with Crippen molar-refractivity contribution >= 4 is 60.9 Å². The van der Waals surface area contributed by atoms with E-state index in [-0.39, 0.29) is 5.75 Å². The topological polar surface area (TPSA) is 68.0 Å². The molecule has 0 atom stereocenters. The molecular weight excluding hydrogens is 430 g/mol. The third-order valence-electron chi connectivity index (χ3n) is 2.77. The Bertz CT molecular complexity index is 647. The number of carboxylic acid groups (broad SMARTS) is 1. The average Bonchev–Trinajstić information content (AvgIpc) is 3.06. The van der Waals surface area contributed by atoms with Gasteiger partial charge < -0.3 is 5.11 Å². The van der Waals surface area contributed by atoms with Crippen LogP contribution in [0, 0.1) is 0 Å². The second-order valence-electron chi connectivity index (χ2n) is 4.32. The summed E-state index contributed by atoms with van der Waals surface area (Å²) in [5.74, 6) is -0.0248. The third kappa shape index (κ3) is 2.95. The standard InChI is InChI=1S/C11H9Br2N3O2S2/c12-6-3-7(20-9(6)13)10-14-15-11(19-4-8(17)18)16(10)5-1-2-5/h3,5H,1-2,4H2,(H,17,18). The first-order valence-electron chi connectivity index (χ1n) is 5.81. The van der Waals surface area contributed by atoms with E-state index >= 15 is 0 Å². The van der Waals surface area contributed by atoms with Gasteiger partial charge in [0.2, 0.25) is 0 Å². The van der Waals surface area contributed by atoms with Gasteiger partial charge in [0.15, 0.2) is 11.0 Å². The van der Waals surface area contributed by atoms with Crippen LogP contribution in [0.4, 0.5) is 0 Å². The fourth-order valence-corrected chi connectivity index (χ4v) is 4.53. The van der Waals surface area contributed by atoms with Crippen molar-refractivity contribution in [3.63, 3.8) is 0 Å². The zero-order chi connectivity index (χ0) is 14.3. The van der Waals surface area contributed by atoms with Crippen molar-refractivity contribution in [3.05, 3.63) is 14.3 Å². The van der Waals surface area contributed by atoms with Gasteiger partial charge in [0.25, 0.3) is 0 Å². The van der Waals surface area contributed by atoms with Crippen LogP contribution in [-0.2, 0) is 4.79 Å². The maximum Gasteiger partial charge on any atom is 0.313 e. The molecule has 0 radical (unpaired) electrons. The van der Waals surface area contributed by atoms with Crippen LogP contribution in [0.5, 0.6) is 0 Å². The number of hydrogen-bond acceptors (Lipinski definition) is 5. The molecule has 0 bridgehead atoms. The Labute approximate surface area is 140 Å². The molecule has 0 spiro atoms. The highest BCUT2D eigenvalue weighted by atomic mass is 79.9. The van der Waals surface area contributed by atoms with Gasteiger partial charge in [0, 0.05) is 10.5 Å². The zero-order valence-electron chi connectivity index (χ0n) is 10.0. The summed E-state index contributed by atoms with van der Waals surface area (Å²) < 4.78 is 4.07. The van der Waals surface area contributed by atoms with Gasteiger partial charge in [-0.3, -0.25) is 9.36 Å². The van der Waals surface area contributed by atoms with Crippen LogP contribution in [0.15, 0.2) is 19.5 Å². The van der Waals surface area contributed by atoms with Gasteiger partial charge in [0.05, 0.1) is 14.4 Å². The van der Waals surface area contributed by atoms with Gasteiger partial charge in [-0.25, -0.2) is 0 Å². The highest BCUT2D eigenvalue weighted by Gasteiger charge is 2.31. The molecule has 2 heterocycles. The van der Waals surface area contributed by atoms with Crippen LogP contribution < -0.4 is 0 Å². The summed E-state index contributed by atoms with van der Waals surface area (Å²) in [5.41, 5.74) is 0. The van der Waals surface area contributed by atoms with Gasteiger partial charge in [-0.1, -0.05) is 11.8 Å². The van der Waals surface area contributed by atoms with Gasteiger partial charge in [-0.2, -0.15) is 0 Å². The molecule has 5 nitrogen and oxygen atoms in total. The predicted octanol–water partition coefficient (Wildman–Crippen LogP) is 4.04. The monoisotopic (exact) mass is 437 g/mol. The molecule has 20 heavy (non-hydrogen) atoms. The molecule has 0 saturated heterocycles. The lowest BCUT2D eigenvalue weighted by Gasteiger charge is -2.06. The van der Waals surface area contributed by atoms with Gasteiger partial charge in [-0.05, 0) is 50.8 Å². The Hall–Kier alpha value is -0.380. The quantitative estimate of drug-likeness (QED) is 0.713. The summed E-state index contributed by atoms with van der Waals surface area (Å²) in [6, 6.07) is 2.40. The third-order valence-corrected chi connectivity index (χ3v) is 6.95. The van der Waals surface area contributed by atoms with E-state index < -0.39 is 5.97 Å².